The second kappa shape index (κ2) is 4.55. The van der Waals surface area contributed by atoms with Crippen LogP contribution in [-0.2, 0) is 0 Å². The Morgan fingerprint density at radius 3 is 2.57 bits per heavy atom. The number of unbranched alkanes of at least 4 members (excludes halogenated alkanes) is 1. The average molecular weight is 257 g/mol. The number of nitrogens with one attached hydrogen (secondary N) is 2. The minimum atomic E-state index is -0.143. The van der Waals surface area contributed by atoms with Crippen LogP contribution in [0.4, 0.5) is 0 Å². The summed E-state index contributed by atoms with van der Waals surface area (Å²) in [4.78, 5) is 0. The number of allylic oxidation sites excluding steroid dienone is 4. The average Bonchev–Trinajstić information content (AvgIpc) is 2.18. The predicted molar refractivity (Wildman–Crippen MR) is 61.6 cm³/mol. The summed E-state index contributed by atoms with van der Waals surface area (Å²) in [6.07, 6.45) is 4.58. The van der Waals surface area contributed by atoms with E-state index in [1.807, 2.05) is 0 Å². The van der Waals surface area contributed by atoms with Gasteiger partial charge in [0.2, 0.25) is 0 Å². The number of aliphatic hydroxyl groups is 1. The molecule has 3 N–H and O–H groups in total. The third-order valence-corrected chi connectivity index (χ3v) is 2.74. The maximum Gasteiger partial charge on any atom is 0.156 e. The summed E-state index contributed by atoms with van der Waals surface area (Å²) in [5.41, 5.74) is 0.867. The lowest BCUT2D eigenvalue weighted by Gasteiger charge is -2.15. The van der Waals surface area contributed by atoms with Crippen molar-refractivity contribution >= 4 is 27.4 Å². The minimum Gasteiger partial charge on any atom is -0.505 e. The zero-order chi connectivity index (χ0) is 10.7. The van der Waals surface area contributed by atoms with Crippen molar-refractivity contribution in [1.82, 2.24) is 0 Å². The molecule has 0 saturated heterocycles. The summed E-state index contributed by atoms with van der Waals surface area (Å²) in [5, 5.41) is 24.5. The molecule has 0 aliphatic heterocycles. The van der Waals surface area contributed by atoms with Crippen molar-refractivity contribution in [2.24, 2.45) is 0 Å². The molecular formula is C10H13BrN2O. The first-order valence-corrected chi connectivity index (χ1v) is 5.34. The fourth-order valence-corrected chi connectivity index (χ4v) is 1.73. The monoisotopic (exact) mass is 256 g/mol. The summed E-state index contributed by atoms with van der Waals surface area (Å²) < 4.78 is 0.504. The van der Waals surface area contributed by atoms with Crippen molar-refractivity contribution in [1.29, 1.82) is 10.8 Å². The Labute approximate surface area is 91.7 Å². The Kier molecular flexibility index (Phi) is 3.63. The molecule has 0 spiro atoms. The number of halogens is 1. The van der Waals surface area contributed by atoms with Gasteiger partial charge in [0.05, 0.1) is 10.2 Å². The van der Waals surface area contributed by atoms with Gasteiger partial charge < -0.3 is 5.11 Å². The van der Waals surface area contributed by atoms with Crippen molar-refractivity contribution in [3.8, 4) is 0 Å². The molecule has 14 heavy (non-hydrogen) atoms. The molecule has 0 unspecified atom stereocenters. The molecule has 76 valence electrons. The SMILES string of the molecule is CCCCC1=CC(Br)=C(O)C(=N)C1=N. The van der Waals surface area contributed by atoms with Crippen molar-refractivity contribution < 1.29 is 5.11 Å². The first-order valence-electron chi connectivity index (χ1n) is 4.55. The molecule has 0 heterocycles. The first-order chi connectivity index (χ1) is 6.57. The number of aliphatic hydroxyl groups excluding tert-OH is 1. The fourth-order valence-electron chi connectivity index (χ4n) is 1.26. The van der Waals surface area contributed by atoms with Gasteiger partial charge in [-0.3, -0.25) is 10.8 Å². The lowest BCUT2D eigenvalue weighted by Crippen LogP contribution is -2.21. The van der Waals surface area contributed by atoms with Crippen LogP contribution in [-0.4, -0.2) is 16.5 Å². The van der Waals surface area contributed by atoms with Gasteiger partial charge in [0.25, 0.3) is 0 Å². The number of hydrogen-bond acceptors (Lipinski definition) is 3. The maximum absolute atomic E-state index is 9.38. The lowest BCUT2D eigenvalue weighted by molar-refractivity contribution is 0.442. The van der Waals surface area contributed by atoms with Crippen LogP contribution in [0.25, 0.3) is 0 Å². The molecule has 0 aromatic heterocycles. The van der Waals surface area contributed by atoms with Gasteiger partial charge >= 0.3 is 0 Å². The van der Waals surface area contributed by atoms with Crippen LogP contribution >= 0.6 is 15.9 Å². The largest absolute Gasteiger partial charge is 0.505 e. The molecule has 1 rings (SSSR count). The highest BCUT2D eigenvalue weighted by Gasteiger charge is 2.21. The second-order valence-corrected chi connectivity index (χ2v) is 4.07. The summed E-state index contributed by atoms with van der Waals surface area (Å²) >= 11 is 3.17. The van der Waals surface area contributed by atoms with Gasteiger partial charge in [-0.2, -0.15) is 0 Å². The van der Waals surface area contributed by atoms with E-state index in [9.17, 15) is 5.11 Å². The highest BCUT2D eigenvalue weighted by Crippen LogP contribution is 2.24. The molecule has 0 bridgehead atoms. The van der Waals surface area contributed by atoms with Crippen molar-refractivity contribution in [2.75, 3.05) is 0 Å². The third-order valence-electron chi connectivity index (χ3n) is 2.13. The van der Waals surface area contributed by atoms with Gasteiger partial charge in [0, 0.05) is 0 Å². The number of rotatable bonds is 3. The van der Waals surface area contributed by atoms with Crippen LogP contribution in [0.2, 0.25) is 0 Å². The van der Waals surface area contributed by atoms with Crippen LogP contribution in [0.5, 0.6) is 0 Å². The van der Waals surface area contributed by atoms with E-state index in [0.717, 1.165) is 24.8 Å². The molecule has 3 nitrogen and oxygen atoms in total. The van der Waals surface area contributed by atoms with Crippen molar-refractivity contribution in [3.05, 3.63) is 21.9 Å². The topological polar surface area (TPSA) is 67.9 Å². The third kappa shape index (κ3) is 2.12. The molecule has 0 aromatic carbocycles. The molecule has 0 aromatic rings. The molecule has 0 radical (unpaired) electrons. The van der Waals surface area contributed by atoms with Crippen LogP contribution in [0.15, 0.2) is 21.9 Å². The summed E-state index contributed by atoms with van der Waals surface area (Å²) in [7, 11) is 0. The summed E-state index contributed by atoms with van der Waals surface area (Å²) in [5.74, 6) is -0.143. The van der Waals surface area contributed by atoms with Crippen molar-refractivity contribution in [3.63, 3.8) is 0 Å². The normalized spacial score (nSPS) is 17.4. The Morgan fingerprint density at radius 1 is 1.36 bits per heavy atom. The Bertz CT molecular complexity index is 342. The maximum atomic E-state index is 9.38. The van der Waals surface area contributed by atoms with Crippen LogP contribution in [0, 0.1) is 10.8 Å². The van der Waals surface area contributed by atoms with E-state index < -0.39 is 0 Å². The summed E-state index contributed by atoms with van der Waals surface area (Å²) in [6, 6.07) is 0. The van der Waals surface area contributed by atoms with Gasteiger partial charge in [0.15, 0.2) is 5.76 Å². The van der Waals surface area contributed by atoms with E-state index in [2.05, 4.69) is 22.9 Å². The minimum absolute atomic E-state index is 0.0921. The number of hydrogen-bond donors (Lipinski definition) is 3. The van der Waals surface area contributed by atoms with Crippen molar-refractivity contribution in [2.45, 2.75) is 26.2 Å². The zero-order valence-electron chi connectivity index (χ0n) is 8.02. The smallest absolute Gasteiger partial charge is 0.156 e. The highest BCUT2D eigenvalue weighted by atomic mass is 79.9. The van der Waals surface area contributed by atoms with Gasteiger partial charge in [0.1, 0.15) is 5.71 Å². The fraction of sp³-hybridized carbons (Fsp3) is 0.400. The molecule has 4 heteroatoms. The highest BCUT2D eigenvalue weighted by molar-refractivity contribution is 9.12. The quantitative estimate of drug-likeness (QED) is 0.667. The Balaban J connectivity index is 2.91. The van der Waals surface area contributed by atoms with Gasteiger partial charge in [-0.1, -0.05) is 13.3 Å². The van der Waals surface area contributed by atoms with E-state index in [-0.39, 0.29) is 17.2 Å². The van der Waals surface area contributed by atoms with Crippen LogP contribution in [0.1, 0.15) is 26.2 Å². The molecule has 0 atom stereocenters. The van der Waals surface area contributed by atoms with Gasteiger partial charge in [-0.05, 0) is 40.4 Å². The first kappa shape index (κ1) is 11.2. The van der Waals surface area contributed by atoms with E-state index in [0.29, 0.717) is 4.48 Å². The lowest BCUT2D eigenvalue weighted by atomic mass is 9.95. The standard InChI is InChI=1S/C10H13BrN2O/c1-2-3-4-6-5-7(11)10(14)9(13)8(6)12/h5,12-14H,2-4H2,1H3. The molecule has 0 amide bonds. The van der Waals surface area contributed by atoms with Crippen LogP contribution in [0.3, 0.4) is 0 Å². The second-order valence-electron chi connectivity index (χ2n) is 3.22. The molecule has 1 aliphatic rings. The van der Waals surface area contributed by atoms with E-state index in [1.54, 1.807) is 6.08 Å². The van der Waals surface area contributed by atoms with E-state index in [1.165, 1.54) is 0 Å². The van der Waals surface area contributed by atoms with Crippen LogP contribution < -0.4 is 0 Å². The van der Waals surface area contributed by atoms with Gasteiger partial charge in [-0.25, -0.2) is 0 Å². The van der Waals surface area contributed by atoms with E-state index in [4.69, 9.17) is 10.8 Å². The zero-order valence-corrected chi connectivity index (χ0v) is 9.61. The predicted octanol–water partition coefficient (Wildman–Crippen LogP) is 3.32. The molecular weight excluding hydrogens is 244 g/mol. The molecule has 1 aliphatic carbocycles. The summed E-state index contributed by atoms with van der Waals surface area (Å²) in [6.45, 7) is 2.08. The Hall–Kier alpha value is -0.900. The Morgan fingerprint density at radius 2 is 2.00 bits per heavy atom. The molecule has 0 saturated carbocycles. The molecule has 0 fully saturated rings. The van der Waals surface area contributed by atoms with Gasteiger partial charge in [-0.15, -0.1) is 0 Å². The van der Waals surface area contributed by atoms with E-state index >= 15 is 0 Å².